The van der Waals surface area contributed by atoms with Crippen LogP contribution in [0.1, 0.15) is 37.0 Å². The number of halogens is 3. The summed E-state index contributed by atoms with van der Waals surface area (Å²) in [6.45, 7) is 3.19. The minimum atomic E-state index is -4.50. The standard InChI is InChI=1S/C20H25F3N4O4S/c1-11(2)25-19(29)31-12-4-6-27(7-5-12)15-8-14(30-10-20(21,22)23)17-16(26-15)13(9-32-17)18(28)24-3/h8-9,11-12H,4-7,10H2,1-3H3,(H,24,28)(H,25,29). The quantitative estimate of drug-likeness (QED) is 0.663. The molecule has 0 spiro atoms. The fourth-order valence-electron chi connectivity index (χ4n) is 3.32. The average Bonchev–Trinajstić information content (AvgIpc) is 3.15. The second kappa shape index (κ2) is 9.80. The molecule has 2 aromatic heterocycles. The number of thiophene rings is 1. The Morgan fingerprint density at radius 3 is 2.59 bits per heavy atom. The molecule has 0 unspecified atom stereocenters. The zero-order valence-corrected chi connectivity index (χ0v) is 18.7. The highest BCUT2D eigenvalue weighted by molar-refractivity contribution is 7.18. The van der Waals surface area contributed by atoms with E-state index in [1.807, 2.05) is 18.7 Å². The van der Waals surface area contributed by atoms with Crippen LogP contribution in [0.15, 0.2) is 11.4 Å². The van der Waals surface area contributed by atoms with Crippen LogP contribution in [0.25, 0.3) is 10.2 Å². The summed E-state index contributed by atoms with van der Waals surface area (Å²) in [5.74, 6) is 0.0476. The lowest BCUT2D eigenvalue weighted by Gasteiger charge is -2.32. The molecule has 1 saturated heterocycles. The number of alkyl carbamates (subject to hydrolysis) is 1. The molecule has 0 bridgehead atoms. The van der Waals surface area contributed by atoms with Gasteiger partial charge in [-0.05, 0) is 13.8 Å². The summed E-state index contributed by atoms with van der Waals surface area (Å²) < 4.78 is 49.1. The monoisotopic (exact) mass is 474 g/mol. The maximum Gasteiger partial charge on any atom is 0.422 e. The van der Waals surface area contributed by atoms with E-state index in [1.165, 1.54) is 13.1 Å². The Labute approximate surface area is 187 Å². The van der Waals surface area contributed by atoms with E-state index in [0.29, 0.717) is 42.0 Å². The third kappa shape index (κ3) is 5.93. The van der Waals surface area contributed by atoms with E-state index in [1.54, 1.807) is 5.38 Å². The van der Waals surface area contributed by atoms with Gasteiger partial charge in [-0.2, -0.15) is 13.2 Å². The van der Waals surface area contributed by atoms with Gasteiger partial charge in [-0.25, -0.2) is 9.78 Å². The molecule has 0 saturated carbocycles. The maximum absolute atomic E-state index is 12.8. The first-order chi connectivity index (χ1) is 15.1. The van der Waals surface area contributed by atoms with Gasteiger partial charge in [0.25, 0.3) is 5.91 Å². The van der Waals surface area contributed by atoms with Crippen molar-refractivity contribution in [3.63, 3.8) is 0 Å². The van der Waals surface area contributed by atoms with Crippen molar-refractivity contribution in [2.45, 2.75) is 45.0 Å². The number of pyridine rings is 1. The SMILES string of the molecule is CNC(=O)c1csc2c(OCC(F)(F)F)cc(N3CCC(OC(=O)NC(C)C)CC3)nc12. The summed E-state index contributed by atoms with van der Waals surface area (Å²) in [7, 11) is 1.47. The summed E-state index contributed by atoms with van der Waals surface area (Å²) in [6, 6.07) is 1.43. The van der Waals surface area contributed by atoms with Crippen molar-refractivity contribution in [2.75, 3.05) is 31.6 Å². The van der Waals surface area contributed by atoms with Gasteiger partial charge in [-0.15, -0.1) is 11.3 Å². The molecule has 2 N–H and O–H groups in total. The molecule has 0 aliphatic carbocycles. The van der Waals surface area contributed by atoms with Crippen molar-refractivity contribution in [3.05, 3.63) is 17.0 Å². The highest BCUT2D eigenvalue weighted by atomic mass is 32.1. The van der Waals surface area contributed by atoms with Crippen molar-refractivity contribution in [3.8, 4) is 5.75 Å². The number of amides is 2. The fourth-order valence-corrected chi connectivity index (χ4v) is 4.27. The Kier molecular flexibility index (Phi) is 7.32. The van der Waals surface area contributed by atoms with Crippen LogP contribution in [-0.4, -0.2) is 62.1 Å². The average molecular weight is 475 g/mol. The number of alkyl halides is 3. The molecule has 32 heavy (non-hydrogen) atoms. The lowest BCUT2D eigenvalue weighted by atomic mass is 10.1. The number of anilines is 1. The number of hydrogen-bond donors (Lipinski definition) is 2. The molecule has 1 fully saturated rings. The molecule has 3 heterocycles. The van der Waals surface area contributed by atoms with Gasteiger partial charge < -0.3 is 25.0 Å². The molecule has 8 nitrogen and oxygen atoms in total. The summed E-state index contributed by atoms with van der Waals surface area (Å²) in [5.41, 5.74) is 0.563. The summed E-state index contributed by atoms with van der Waals surface area (Å²) >= 11 is 1.10. The summed E-state index contributed by atoms with van der Waals surface area (Å²) in [6.07, 6.45) is -4.17. The molecule has 2 aromatic rings. The van der Waals surface area contributed by atoms with Crippen LogP contribution in [0.5, 0.6) is 5.75 Å². The topological polar surface area (TPSA) is 92.8 Å². The Morgan fingerprint density at radius 2 is 2.00 bits per heavy atom. The number of rotatable bonds is 6. The summed E-state index contributed by atoms with van der Waals surface area (Å²) in [5, 5.41) is 6.73. The predicted molar refractivity (Wildman–Crippen MR) is 115 cm³/mol. The molecule has 176 valence electrons. The second-order valence-corrected chi connectivity index (χ2v) is 8.56. The summed E-state index contributed by atoms with van der Waals surface area (Å²) in [4.78, 5) is 30.4. The number of fused-ring (bicyclic) bond motifs is 1. The first-order valence-electron chi connectivity index (χ1n) is 10.1. The van der Waals surface area contributed by atoms with E-state index in [0.717, 1.165) is 11.3 Å². The maximum atomic E-state index is 12.8. The van der Waals surface area contributed by atoms with Crippen LogP contribution < -0.4 is 20.3 Å². The van der Waals surface area contributed by atoms with Crippen LogP contribution in [0.4, 0.5) is 23.8 Å². The van der Waals surface area contributed by atoms with E-state index in [4.69, 9.17) is 9.47 Å². The second-order valence-electron chi connectivity index (χ2n) is 7.68. The molecule has 1 aliphatic heterocycles. The van der Waals surface area contributed by atoms with Crippen LogP contribution in [0.2, 0.25) is 0 Å². The van der Waals surface area contributed by atoms with Crippen LogP contribution in [0.3, 0.4) is 0 Å². The smallest absolute Gasteiger partial charge is 0.422 e. The minimum Gasteiger partial charge on any atom is -0.482 e. The van der Waals surface area contributed by atoms with Crippen molar-refractivity contribution >= 4 is 39.4 Å². The Hall–Kier alpha value is -2.76. The molecule has 0 radical (unpaired) electrons. The number of piperidine rings is 1. The lowest BCUT2D eigenvalue weighted by Crippen LogP contribution is -2.41. The van der Waals surface area contributed by atoms with Crippen molar-refractivity contribution < 1.29 is 32.2 Å². The van der Waals surface area contributed by atoms with Crippen molar-refractivity contribution in [2.24, 2.45) is 0 Å². The number of hydrogen-bond acceptors (Lipinski definition) is 7. The number of nitrogens with one attached hydrogen (secondary N) is 2. The molecule has 1 aliphatic rings. The third-order valence-corrected chi connectivity index (χ3v) is 5.77. The molecule has 0 atom stereocenters. The molecule has 12 heteroatoms. The number of carbonyl (C=O) groups excluding carboxylic acids is 2. The van der Waals surface area contributed by atoms with Gasteiger partial charge in [-0.3, -0.25) is 4.79 Å². The zero-order chi connectivity index (χ0) is 23.5. The molecule has 2 amide bonds. The van der Waals surface area contributed by atoms with E-state index in [9.17, 15) is 22.8 Å². The first kappa shape index (κ1) is 23.9. The largest absolute Gasteiger partial charge is 0.482 e. The number of ether oxygens (including phenoxy) is 2. The highest BCUT2D eigenvalue weighted by Gasteiger charge is 2.30. The highest BCUT2D eigenvalue weighted by Crippen LogP contribution is 2.37. The normalized spacial score (nSPS) is 15.2. The Bertz CT molecular complexity index is 972. The minimum absolute atomic E-state index is 0.0252. The molecule has 3 rings (SSSR count). The van der Waals surface area contributed by atoms with Gasteiger partial charge in [0.05, 0.1) is 15.8 Å². The molecular weight excluding hydrogens is 449 g/mol. The fraction of sp³-hybridized carbons (Fsp3) is 0.550. The van der Waals surface area contributed by atoms with E-state index < -0.39 is 18.9 Å². The third-order valence-electron chi connectivity index (χ3n) is 4.78. The van der Waals surface area contributed by atoms with Gasteiger partial charge in [0.2, 0.25) is 0 Å². The number of carbonyl (C=O) groups is 2. The van der Waals surface area contributed by atoms with Crippen LogP contribution >= 0.6 is 11.3 Å². The van der Waals surface area contributed by atoms with Gasteiger partial charge in [0.1, 0.15) is 17.7 Å². The van der Waals surface area contributed by atoms with Gasteiger partial charge in [0, 0.05) is 50.5 Å². The van der Waals surface area contributed by atoms with Gasteiger partial charge in [0.15, 0.2) is 6.61 Å². The first-order valence-corrected chi connectivity index (χ1v) is 11.0. The van der Waals surface area contributed by atoms with Gasteiger partial charge >= 0.3 is 12.3 Å². The Morgan fingerprint density at radius 1 is 1.31 bits per heavy atom. The van der Waals surface area contributed by atoms with Crippen LogP contribution in [-0.2, 0) is 4.74 Å². The van der Waals surface area contributed by atoms with Gasteiger partial charge in [-0.1, -0.05) is 0 Å². The van der Waals surface area contributed by atoms with Crippen molar-refractivity contribution in [1.82, 2.24) is 15.6 Å². The van der Waals surface area contributed by atoms with Crippen LogP contribution in [0, 0.1) is 0 Å². The van der Waals surface area contributed by atoms with E-state index in [2.05, 4.69) is 15.6 Å². The number of aromatic nitrogens is 1. The number of nitrogens with zero attached hydrogens (tertiary/aromatic N) is 2. The predicted octanol–water partition coefficient (Wildman–Crippen LogP) is 3.70. The van der Waals surface area contributed by atoms with E-state index >= 15 is 0 Å². The zero-order valence-electron chi connectivity index (χ0n) is 17.9. The molecular formula is C20H25F3N4O4S. The van der Waals surface area contributed by atoms with Crippen molar-refractivity contribution in [1.29, 1.82) is 0 Å². The Balaban J connectivity index is 1.81. The lowest BCUT2D eigenvalue weighted by molar-refractivity contribution is -0.153. The molecule has 0 aromatic carbocycles. The van der Waals surface area contributed by atoms with E-state index in [-0.39, 0.29) is 29.4 Å².